The van der Waals surface area contributed by atoms with Crippen molar-refractivity contribution in [3.8, 4) is 0 Å². The Balaban J connectivity index is -0.0000000472. The van der Waals surface area contributed by atoms with Gasteiger partial charge < -0.3 is 79.5 Å². The predicted octanol–water partition coefficient (Wildman–Crippen LogP) is 2.88. The molecule has 10 N–H and O–H groups in total. The molecule has 1 rings (SSSR count). The summed E-state index contributed by atoms with van der Waals surface area (Å²) in [6.07, 6.45) is -0.282. The summed E-state index contributed by atoms with van der Waals surface area (Å²) in [5.41, 5.74) is 0. The number of aliphatic hydroxyl groups is 10. The quantitative estimate of drug-likeness (QED) is 0.0642. The number of halogens is 4. The van der Waals surface area contributed by atoms with Crippen LogP contribution in [0.1, 0.15) is 75.7 Å². The molecule has 1 heterocycles. The summed E-state index contributed by atoms with van der Waals surface area (Å²) in [5, 5.41) is 78.9. The van der Waals surface area contributed by atoms with Crippen LogP contribution >= 0.6 is 46.4 Å². The second-order valence-corrected chi connectivity index (χ2v) is 11.3. The summed E-state index contributed by atoms with van der Waals surface area (Å²) in [6.45, 7) is 25.7. The van der Waals surface area contributed by atoms with Gasteiger partial charge in [0.05, 0.1) is 91.2 Å². The Morgan fingerprint density at radius 3 is 0.983 bits per heavy atom. The Bertz CT molecular complexity index is 480. The molecule has 1 atom stereocenters. The highest BCUT2D eigenvalue weighted by atomic mass is 35.5. The first-order valence-corrected chi connectivity index (χ1v) is 21.1. The van der Waals surface area contributed by atoms with Crippen LogP contribution in [0.3, 0.4) is 0 Å². The molecule has 0 saturated carbocycles. The van der Waals surface area contributed by atoms with E-state index >= 15 is 0 Å². The summed E-state index contributed by atoms with van der Waals surface area (Å²) in [5.74, 6) is 0.992. The Hall–Kier alpha value is 0.0300. The van der Waals surface area contributed by atoms with Gasteiger partial charge in [0.2, 0.25) is 0 Å². The highest BCUT2D eigenvalue weighted by Crippen LogP contribution is 1.86. The van der Waals surface area contributed by atoms with Crippen molar-refractivity contribution in [3.63, 3.8) is 0 Å². The zero-order valence-corrected chi connectivity index (χ0v) is 40.7. The van der Waals surface area contributed by atoms with Crippen LogP contribution in [0.2, 0.25) is 0 Å². The summed E-state index contributed by atoms with van der Waals surface area (Å²) in [6, 6.07) is 0. The molecule has 0 amide bonds. The Labute approximate surface area is 372 Å². The van der Waals surface area contributed by atoms with E-state index in [1.165, 1.54) is 6.92 Å². The molecule has 0 bridgehead atoms. The molecule has 0 aromatic rings. The van der Waals surface area contributed by atoms with Gasteiger partial charge in [0.15, 0.2) is 0 Å². The number of hydrogen-bond acceptors (Lipinski definition) is 17. The lowest BCUT2D eigenvalue weighted by atomic mass is 10.2. The van der Waals surface area contributed by atoms with Crippen LogP contribution in [0.15, 0.2) is 0 Å². The number of ether oxygens (including phenoxy) is 6. The lowest BCUT2D eigenvalue weighted by Crippen LogP contribution is -2.18. The van der Waals surface area contributed by atoms with Gasteiger partial charge in [0.25, 0.3) is 0 Å². The number of hydrogen-bond donors (Lipinski definition) is 10. The molecule has 17 nitrogen and oxygen atoms in total. The van der Waals surface area contributed by atoms with Gasteiger partial charge in [0.1, 0.15) is 6.10 Å². The van der Waals surface area contributed by atoms with E-state index in [4.69, 9.17) is 121 Å². The fourth-order valence-electron chi connectivity index (χ4n) is 1.34. The molecule has 58 heavy (non-hydrogen) atoms. The average Bonchev–Trinajstić information content (AvgIpc) is 3.23. The number of carbonyl (C=O) groups is 1. The minimum atomic E-state index is -0.991. The first-order valence-electron chi connectivity index (χ1n) is 18.9. The molecule has 1 fully saturated rings. The molecule has 0 aliphatic carbocycles. The number of aliphatic hydroxyl groups excluding tert-OH is 10. The van der Waals surface area contributed by atoms with Crippen molar-refractivity contribution < 1.29 is 84.3 Å². The number of carbonyl (C=O) groups excluding carboxylic acids is 1. The smallest absolute Gasteiger partial charge is 0.334 e. The molecule has 21 heteroatoms. The summed E-state index contributed by atoms with van der Waals surface area (Å²) < 4.78 is 28.9. The van der Waals surface area contributed by atoms with Crippen LogP contribution in [0.4, 0.5) is 0 Å². The lowest BCUT2D eigenvalue weighted by Gasteiger charge is -2.09. The van der Waals surface area contributed by atoms with E-state index in [9.17, 15) is 4.79 Å². The van der Waals surface area contributed by atoms with Gasteiger partial charge in [0, 0.05) is 58.0 Å². The van der Waals surface area contributed by atoms with E-state index < -0.39 is 12.1 Å². The minimum absolute atomic E-state index is 0.0894. The van der Waals surface area contributed by atoms with Gasteiger partial charge in [-0.3, -0.25) is 0 Å². The van der Waals surface area contributed by atoms with Gasteiger partial charge in [-0.15, -0.1) is 46.4 Å². The van der Waals surface area contributed by atoms with Gasteiger partial charge >= 0.3 is 5.97 Å². The third-order valence-electron chi connectivity index (χ3n) is 3.38. The number of esters is 1. The summed E-state index contributed by atoms with van der Waals surface area (Å²) in [4.78, 5) is 10.3. The molecule has 1 unspecified atom stereocenters. The van der Waals surface area contributed by atoms with E-state index in [1.807, 2.05) is 34.6 Å². The molecule has 0 aromatic carbocycles. The van der Waals surface area contributed by atoms with Crippen LogP contribution in [-0.4, -0.2) is 212 Å². The lowest BCUT2D eigenvalue weighted by molar-refractivity contribution is -0.151. The normalized spacial score (nSPS) is 10.5. The Morgan fingerprint density at radius 2 is 0.845 bits per heavy atom. The van der Waals surface area contributed by atoms with E-state index in [0.29, 0.717) is 70.5 Å². The largest absolute Gasteiger partial charge is 0.464 e. The highest BCUT2D eigenvalue weighted by molar-refractivity contribution is 6.40. The second kappa shape index (κ2) is 112. The molecule has 0 aromatic heterocycles. The van der Waals surface area contributed by atoms with Crippen molar-refractivity contribution in [1.29, 1.82) is 0 Å². The molecule has 0 radical (unpaired) electrons. The maximum absolute atomic E-state index is 10.3. The van der Waals surface area contributed by atoms with Crippen molar-refractivity contribution in [1.82, 2.24) is 0 Å². The van der Waals surface area contributed by atoms with Crippen LogP contribution in [0, 0.1) is 5.92 Å². The fourth-order valence-corrected chi connectivity index (χ4v) is 1.34. The van der Waals surface area contributed by atoms with E-state index in [2.05, 4.69) is 4.74 Å². The average molecular weight is 949 g/mol. The predicted molar refractivity (Wildman–Crippen MR) is 238 cm³/mol. The maximum Gasteiger partial charge on any atom is 0.334 e. The molecule has 0 spiro atoms. The van der Waals surface area contributed by atoms with Crippen molar-refractivity contribution in [2.75, 3.05) is 143 Å². The van der Waals surface area contributed by atoms with Crippen LogP contribution in [0.25, 0.3) is 0 Å². The summed E-state index contributed by atoms with van der Waals surface area (Å²) in [7, 11) is 1.00. The highest BCUT2D eigenvalue weighted by Gasteiger charge is 2.07. The van der Waals surface area contributed by atoms with Gasteiger partial charge in [-0.25, -0.2) is 4.79 Å². The van der Waals surface area contributed by atoms with Crippen molar-refractivity contribution in [2.24, 2.45) is 5.92 Å². The zero-order valence-electron chi connectivity index (χ0n) is 37.6. The van der Waals surface area contributed by atoms with E-state index in [0.717, 1.165) is 46.6 Å². The fraction of sp³-hybridized carbons (Fsp3) is 0.973. The molecule has 1 aliphatic heterocycles. The topological polar surface area (TPSA) is 275 Å². The van der Waals surface area contributed by atoms with E-state index in [-0.39, 0.29) is 44.5 Å². The van der Waals surface area contributed by atoms with Crippen molar-refractivity contribution in [2.45, 2.75) is 87.9 Å². The first-order chi connectivity index (χ1) is 27.6. The summed E-state index contributed by atoms with van der Waals surface area (Å²) >= 11 is 19.6. The molecular weight excluding hydrogens is 858 g/mol. The van der Waals surface area contributed by atoms with Crippen molar-refractivity contribution >= 4 is 52.4 Å². The van der Waals surface area contributed by atoms with Crippen molar-refractivity contribution in [3.05, 3.63) is 0 Å². The molecule has 1 aliphatic rings. The standard InChI is InChI=1S/C6H14O3.C5H10O3.C4H8O2.C4H10O2.C4H10O.2C3H8O.C2H4Cl2.C2H6O2.C2H6O.CH2Cl2.CH4O/c1-2-8-5-6-9-4-3-7;1-3-8-5(7)4(2)6;1-2-6-4-3-5-1;1-2-6-4-3-5;1-4(2)3-5;1-3(2)4;1-2-3-4;2*3-1-2-4;1-2-3;2-1-3;1-2/h7H,2-6H2,1H3;4,6H,3H2,1-2H3;1-4H2;5H,2-4H2,1H3;4-5H,3H2,1-2H3;3-4H,1-2H3;4H,2-3H2,1H3;1-2H2;3-4H,1-2H2;3H,2H2,1H3;1H2;2H,1H3. The van der Waals surface area contributed by atoms with Crippen LogP contribution < -0.4 is 0 Å². The number of rotatable bonds is 15. The Kier molecular flexibility index (Phi) is 164. The second-order valence-electron chi connectivity index (χ2n) is 9.74. The van der Waals surface area contributed by atoms with Gasteiger partial charge in [-0.05, 0) is 60.8 Å². The van der Waals surface area contributed by atoms with Crippen LogP contribution in [0.5, 0.6) is 0 Å². The first kappa shape index (κ1) is 85.3. The third kappa shape index (κ3) is 232. The van der Waals surface area contributed by atoms with Gasteiger partial charge in [-0.2, -0.15) is 0 Å². The SMILES string of the molecule is C1COCCO1.CC(C)CO.CC(C)O.CCCO.CCO.CCOC(=O)C(C)O.CCOCCO.CCOCCOCCO.CO.ClCCCl.ClCCl.OCCO. The minimum Gasteiger partial charge on any atom is -0.464 e. The molecule has 1 saturated heterocycles. The third-order valence-corrected chi connectivity index (χ3v) is 3.95. The van der Waals surface area contributed by atoms with Gasteiger partial charge in [-0.1, -0.05) is 20.8 Å². The zero-order chi connectivity index (χ0) is 48.1. The Morgan fingerprint density at radius 1 is 0.569 bits per heavy atom. The van der Waals surface area contributed by atoms with E-state index in [1.54, 1.807) is 27.7 Å². The maximum atomic E-state index is 10.3. The molecule has 368 valence electrons. The number of alkyl halides is 4. The van der Waals surface area contributed by atoms with Crippen LogP contribution in [-0.2, 0) is 33.2 Å². The molecular formula is C37H90Cl4O17. The monoisotopic (exact) mass is 946 g/mol.